The molecule has 1 aliphatic heterocycles. The third kappa shape index (κ3) is 3.02. The van der Waals surface area contributed by atoms with Gasteiger partial charge < -0.3 is 19.5 Å². The first-order valence-corrected chi connectivity index (χ1v) is 6.44. The van der Waals surface area contributed by atoms with Gasteiger partial charge in [-0.05, 0) is 17.7 Å². The van der Waals surface area contributed by atoms with Crippen molar-refractivity contribution in [3.63, 3.8) is 0 Å². The first-order valence-electron chi connectivity index (χ1n) is 6.44. The van der Waals surface area contributed by atoms with Crippen molar-refractivity contribution >= 4 is 0 Å². The zero-order chi connectivity index (χ0) is 14.8. The van der Waals surface area contributed by atoms with Gasteiger partial charge in [0.1, 0.15) is 0 Å². The van der Waals surface area contributed by atoms with Crippen molar-refractivity contribution in [3.8, 4) is 11.5 Å². The Kier molecular flexibility index (Phi) is 4.45. The maximum Gasteiger partial charge on any atom is 0.274 e. The van der Waals surface area contributed by atoms with E-state index in [-0.39, 0.29) is 23.2 Å². The lowest BCUT2D eigenvalue weighted by atomic mass is 10.00. The highest BCUT2D eigenvalue weighted by atomic mass is 19.3. The second-order valence-corrected chi connectivity index (χ2v) is 4.76. The van der Waals surface area contributed by atoms with Gasteiger partial charge in [-0.25, -0.2) is 8.78 Å². The Morgan fingerprint density at radius 3 is 2.55 bits per heavy atom. The van der Waals surface area contributed by atoms with E-state index in [1.54, 1.807) is 6.07 Å². The Hall–Kier alpha value is -1.40. The van der Waals surface area contributed by atoms with Crippen LogP contribution in [0.25, 0.3) is 0 Å². The third-order valence-electron chi connectivity index (χ3n) is 3.27. The van der Waals surface area contributed by atoms with Crippen molar-refractivity contribution in [2.45, 2.75) is 19.0 Å². The molecular weight excluding hydrogens is 268 g/mol. The maximum atomic E-state index is 13.8. The van der Waals surface area contributed by atoms with Crippen molar-refractivity contribution in [2.24, 2.45) is 0 Å². The molecule has 0 bridgehead atoms. The molecule has 0 saturated carbocycles. The van der Waals surface area contributed by atoms with Gasteiger partial charge in [-0.15, -0.1) is 0 Å². The molecule has 1 N–H and O–H groups in total. The molecule has 0 aromatic heterocycles. The average molecular weight is 287 g/mol. The van der Waals surface area contributed by atoms with Crippen LogP contribution in [0.1, 0.15) is 24.2 Å². The van der Waals surface area contributed by atoms with Gasteiger partial charge in [-0.1, -0.05) is 0 Å². The van der Waals surface area contributed by atoms with Gasteiger partial charge in [0.15, 0.2) is 11.5 Å². The van der Waals surface area contributed by atoms with Crippen LogP contribution < -0.4 is 14.8 Å². The molecule has 1 aromatic carbocycles. The predicted molar refractivity (Wildman–Crippen MR) is 70.7 cm³/mol. The molecule has 112 valence electrons. The fraction of sp³-hybridized carbons (Fsp3) is 0.571. The number of methoxy groups -OCH3 is 2. The summed E-state index contributed by atoms with van der Waals surface area (Å²) in [5, 5.41) is 3.17. The van der Waals surface area contributed by atoms with Crippen molar-refractivity contribution in [2.75, 3.05) is 33.9 Å². The minimum atomic E-state index is -3.02. The number of rotatable bonds is 4. The van der Waals surface area contributed by atoms with Crippen LogP contribution in [0.3, 0.4) is 0 Å². The van der Waals surface area contributed by atoms with E-state index in [0.29, 0.717) is 18.7 Å². The Bertz CT molecular complexity index is 468. The van der Waals surface area contributed by atoms with Crippen molar-refractivity contribution < 1.29 is 23.0 Å². The zero-order valence-corrected chi connectivity index (χ0v) is 11.8. The first kappa shape index (κ1) is 15.0. The van der Waals surface area contributed by atoms with E-state index < -0.39 is 5.92 Å². The van der Waals surface area contributed by atoms with Crippen LogP contribution in [0, 0.1) is 0 Å². The minimum absolute atomic E-state index is 0.0625. The van der Waals surface area contributed by atoms with Gasteiger partial charge in [0.05, 0.1) is 32.5 Å². The number of benzene rings is 1. The number of hydrogen-bond acceptors (Lipinski definition) is 4. The molecule has 1 unspecified atom stereocenters. The summed E-state index contributed by atoms with van der Waals surface area (Å²) < 4.78 is 43.4. The summed E-state index contributed by atoms with van der Waals surface area (Å²) in [5.74, 6) is -2.67. The third-order valence-corrected chi connectivity index (χ3v) is 3.27. The molecule has 2 rings (SSSR count). The Labute approximate surface area is 117 Å². The maximum absolute atomic E-state index is 13.8. The highest BCUT2D eigenvalue weighted by molar-refractivity contribution is 5.51. The predicted octanol–water partition coefficient (Wildman–Crippen LogP) is 2.48. The van der Waals surface area contributed by atoms with E-state index in [1.165, 1.54) is 20.3 Å². The average Bonchev–Trinajstić information content (AvgIpc) is 2.45. The van der Waals surface area contributed by atoms with Crippen molar-refractivity contribution in [3.05, 3.63) is 23.3 Å². The van der Waals surface area contributed by atoms with Gasteiger partial charge in [-0.3, -0.25) is 0 Å². The summed E-state index contributed by atoms with van der Waals surface area (Å²) in [4.78, 5) is 0. The molecule has 1 atom stereocenters. The Morgan fingerprint density at radius 2 is 2.05 bits per heavy atom. The summed E-state index contributed by atoms with van der Waals surface area (Å²) in [6.45, 7) is 2.75. The number of hydrogen-bond donors (Lipinski definition) is 1. The molecule has 6 heteroatoms. The van der Waals surface area contributed by atoms with Gasteiger partial charge in [-0.2, -0.15) is 0 Å². The molecule has 0 spiro atoms. The summed E-state index contributed by atoms with van der Waals surface area (Å²) in [6.07, 6.45) is -0.260. The smallest absolute Gasteiger partial charge is 0.274 e. The van der Waals surface area contributed by atoms with E-state index in [4.69, 9.17) is 14.2 Å². The number of alkyl halides is 2. The zero-order valence-electron chi connectivity index (χ0n) is 11.8. The van der Waals surface area contributed by atoms with Gasteiger partial charge in [0, 0.05) is 20.0 Å². The largest absolute Gasteiger partial charge is 0.493 e. The minimum Gasteiger partial charge on any atom is -0.493 e. The molecule has 0 aliphatic carbocycles. The number of halogens is 2. The number of ether oxygens (including phenoxy) is 3. The summed E-state index contributed by atoms with van der Waals surface area (Å²) >= 11 is 0. The number of nitrogens with one attached hydrogen (secondary N) is 1. The molecular formula is C14H19F2NO3. The fourth-order valence-electron chi connectivity index (χ4n) is 2.28. The highest BCUT2D eigenvalue weighted by Gasteiger charge is 2.32. The van der Waals surface area contributed by atoms with E-state index in [0.717, 1.165) is 13.5 Å². The van der Waals surface area contributed by atoms with E-state index in [2.05, 4.69) is 5.32 Å². The van der Waals surface area contributed by atoms with E-state index in [9.17, 15) is 8.78 Å². The Morgan fingerprint density at radius 1 is 1.30 bits per heavy atom. The molecule has 0 radical (unpaired) electrons. The van der Waals surface area contributed by atoms with Crippen LogP contribution in [-0.2, 0) is 10.7 Å². The SMILES string of the molecule is COc1cc(C2CNCCO2)cc(C(C)(F)F)c1OC. The topological polar surface area (TPSA) is 39.7 Å². The van der Waals surface area contributed by atoms with Crippen LogP contribution in [0.5, 0.6) is 11.5 Å². The van der Waals surface area contributed by atoms with E-state index >= 15 is 0 Å². The molecule has 1 saturated heterocycles. The van der Waals surface area contributed by atoms with Crippen LogP contribution in [0.2, 0.25) is 0 Å². The summed E-state index contributed by atoms with van der Waals surface area (Å²) in [5.41, 5.74) is 0.467. The molecule has 4 nitrogen and oxygen atoms in total. The van der Waals surface area contributed by atoms with E-state index in [1.807, 2.05) is 0 Å². The van der Waals surface area contributed by atoms with Gasteiger partial charge in [0.25, 0.3) is 5.92 Å². The molecule has 1 aliphatic rings. The Balaban J connectivity index is 2.48. The lowest BCUT2D eigenvalue weighted by Gasteiger charge is -2.26. The van der Waals surface area contributed by atoms with Gasteiger partial charge >= 0.3 is 0 Å². The van der Waals surface area contributed by atoms with Crippen LogP contribution >= 0.6 is 0 Å². The van der Waals surface area contributed by atoms with Crippen LogP contribution in [0.4, 0.5) is 8.78 Å². The fourth-order valence-corrected chi connectivity index (χ4v) is 2.28. The monoisotopic (exact) mass is 287 g/mol. The van der Waals surface area contributed by atoms with Crippen molar-refractivity contribution in [1.82, 2.24) is 5.32 Å². The lowest BCUT2D eigenvalue weighted by Crippen LogP contribution is -2.33. The van der Waals surface area contributed by atoms with Crippen LogP contribution in [0.15, 0.2) is 12.1 Å². The second-order valence-electron chi connectivity index (χ2n) is 4.76. The van der Waals surface area contributed by atoms with Crippen molar-refractivity contribution in [1.29, 1.82) is 0 Å². The second kappa shape index (κ2) is 5.93. The summed E-state index contributed by atoms with van der Waals surface area (Å²) in [7, 11) is 2.78. The summed E-state index contributed by atoms with van der Waals surface area (Å²) in [6, 6.07) is 3.12. The first-order chi connectivity index (χ1) is 9.47. The van der Waals surface area contributed by atoms with Crippen LogP contribution in [-0.4, -0.2) is 33.9 Å². The normalized spacial score (nSPS) is 19.8. The standard InChI is InChI=1S/C14H19F2NO3/c1-14(15,16)10-6-9(12-8-17-4-5-20-12)7-11(18-2)13(10)19-3/h6-7,12,17H,4-5,8H2,1-3H3. The molecule has 20 heavy (non-hydrogen) atoms. The molecule has 1 fully saturated rings. The lowest BCUT2D eigenvalue weighted by molar-refractivity contribution is 0.0124. The molecule has 0 amide bonds. The number of morpholine rings is 1. The quantitative estimate of drug-likeness (QED) is 0.923. The highest BCUT2D eigenvalue weighted by Crippen LogP contribution is 2.42. The molecule has 1 heterocycles. The van der Waals surface area contributed by atoms with Gasteiger partial charge in [0.2, 0.25) is 0 Å². The molecule has 1 aromatic rings.